The molecule has 0 fully saturated rings. The molecule has 0 aliphatic heterocycles. The van der Waals surface area contributed by atoms with Crippen molar-refractivity contribution < 1.29 is 23.7 Å². The number of aromatic nitrogens is 1. The van der Waals surface area contributed by atoms with Crippen molar-refractivity contribution >= 4 is 28.7 Å². The van der Waals surface area contributed by atoms with Crippen molar-refractivity contribution in [2.24, 2.45) is 0 Å². The van der Waals surface area contributed by atoms with Gasteiger partial charge in [-0.2, -0.15) is 0 Å². The maximum absolute atomic E-state index is 12.0. The summed E-state index contributed by atoms with van der Waals surface area (Å²) in [5.41, 5.74) is 1.02. The number of nitro groups is 1. The van der Waals surface area contributed by atoms with Gasteiger partial charge in [0.2, 0.25) is 0 Å². The second-order valence-electron chi connectivity index (χ2n) is 6.11. The van der Waals surface area contributed by atoms with E-state index in [1.54, 1.807) is 0 Å². The van der Waals surface area contributed by atoms with Gasteiger partial charge in [0.1, 0.15) is 6.54 Å². The minimum Gasteiger partial charge on any atom is -0.454 e. The number of non-ortho nitro benzene ring substituents is 1. The van der Waals surface area contributed by atoms with Gasteiger partial charge in [-0.25, -0.2) is 4.79 Å². The van der Waals surface area contributed by atoms with Crippen LogP contribution in [0, 0.1) is 10.1 Å². The van der Waals surface area contributed by atoms with E-state index < -0.39 is 35.7 Å². The van der Waals surface area contributed by atoms with Crippen LogP contribution < -0.4 is 11.1 Å². The molecule has 2 aromatic carbocycles. The Balaban J connectivity index is 1.51. The van der Waals surface area contributed by atoms with Crippen molar-refractivity contribution in [3.05, 3.63) is 74.8 Å². The molecule has 0 saturated carbocycles. The standard InChI is InChI=1S/C19H17N3O7/c23-17(20-9-8-13-4-2-1-3-5-13)12-28-18(24)11-21-15-7-6-14(22(26)27)10-16(15)29-19(21)25/h1-7,10H,8-9,11-12H2,(H,20,23). The number of carbonyl (C=O) groups is 2. The highest BCUT2D eigenvalue weighted by atomic mass is 16.6. The molecule has 0 spiro atoms. The molecule has 0 aliphatic carbocycles. The number of amides is 1. The van der Waals surface area contributed by atoms with E-state index in [9.17, 15) is 24.5 Å². The zero-order valence-corrected chi connectivity index (χ0v) is 15.2. The van der Waals surface area contributed by atoms with Gasteiger partial charge in [0, 0.05) is 12.6 Å². The van der Waals surface area contributed by atoms with Crippen molar-refractivity contribution in [2.75, 3.05) is 13.2 Å². The van der Waals surface area contributed by atoms with Crippen molar-refractivity contribution in [3.63, 3.8) is 0 Å². The van der Waals surface area contributed by atoms with E-state index in [0.29, 0.717) is 13.0 Å². The predicted octanol–water partition coefficient (Wildman–Crippen LogP) is 1.40. The van der Waals surface area contributed by atoms with Gasteiger partial charge >= 0.3 is 11.7 Å². The number of carbonyl (C=O) groups excluding carboxylic acids is 2. The van der Waals surface area contributed by atoms with E-state index in [-0.39, 0.29) is 16.8 Å². The van der Waals surface area contributed by atoms with Gasteiger partial charge in [-0.3, -0.25) is 24.3 Å². The molecule has 0 atom stereocenters. The molecule has 1 heterocycles. The molecule has 150 valence electrons. The Morgan fingerprint density at radius 1 is 1.17 bits per heavy atom. The first-order valence-electron chi connectivity index (χ1n) is 8.68. The fourth-order valence-corrected chi connectivity index (χ4v) is 2.68. The van der Waals surface area contributed by atoms with E-state index in [1.165, 1.54) is 12.1 Å². The largest absolute Gasteiger partial charge is 0.454 e. The lowest BCUT2D eigenvalue weighted by Crippen LogP contribution is -2.31. The van der Waals surface area contributed by atoms with Crippen LogP contribution in [0.2, 0.25) is 0 Å². The van der Waals surface area contributed by atoms with Gasteiger partial charge in [0.05, 0.1) is 16.5 Å². The molecule has 1 amide bonds. The molecule has 0 aliphatic rings. The number of nitrogens with one attached hydrogen (secondary N) is 1. The molecule has 1 aromatic heterocycles. The molecular formula is C19H17N3O7. The second-order valence-corrected chi connectivity index (χ2v) is 6.11. The zero-order valence-electron chi connectivity index (χ0n) is 15.2. The minimum absolute atomic E-state index is 0.0179. The molecule has 3 aromatic rings. The highest BCUT2D eigenvalue weighted by Gasteiger charge is 2.17. The summed E-state index contributed by atoms with van der Waals surface area (Å²) < 4.78 is 10.8. The Morgan fingerprint density at radius 2 is 1.93 bits per heavy atom. The molecule has 0 saturated heterocycles. The number of hydrogen-bond acceptors (Lipinski definition) is 7. The summed E-state index contributed by atoms with van der Waals surface area (Å²) in [5.74, 6) is -2.13. The maximum atomic E-state index is 12.0. The lowest BCUT2D eigenvalue weighted by atomic mass is 10.1. The summed E-state index contributed by atoms with van der Waals surface area (Å²) in [4.78, 5) is 45.8. The van der Waals surface area contributed by atoms with Gasteiger partial charge in [0.25, 0.3) is 11.6 Å². The Morgan fingerprint density at radius 3 is 2.66 bits per heavy atom. The average Bonchev–Trinajstić information content (AvgIpc) is 3.01. The summed E-state index contributed by atoms with van der Waals surface area (Å²) in [6.45, 7) is -0.574. The molecule has 1 N–H and O–H groups in total. The van der Waals surface area contributed by atoms with Crippen LogP contribution >= 0.6 is 0 Å². The number of nitro benzene ring substituents is 1. The van der Waals surface area contributed by atoms with Gasteiger partial charge in [0.15, 0.2) is 12.2 Å². The van der Waals surface area contributed by atoms with Crippen LogP contribution in [0.3, 0.4) is 0 Å². The monoisotopic (exact) mass is 399 g/mol. The predicted molar refractivity (Wildman–Crippen MR) is 101 cm³/mol. The third-order valence-electron chi connectivity index (χ3n) is 4.09. The highest BCUT2D eigenvalue weighted by Crippen LogP contribution is 2.20. The van der Waals surface area contributed by atoms with E-state index in [4.69, 9.17) is 9.15 Å². The van der Waals surface area contributed by atoms with Crippen LogP contribution in [0.5, 0.6) is 0 Å². The lowest BCUT2D eigenvalue weighted by molar-refractivity contribution is -0.384. The van der Waals surface area contributed by atoms with Crippen LogP contribution in [-0.4, -0.2) is 34.5 Å². The smallest absolute Gasteiger partial charge is 0.420 e. The first-order chi connectivity index (χ1) is 13.9. The summed E-state index contributed by atoms with van der Waals surface area (Å²) >= 11 is 0. The first-order valence-corrected chi connectivity index (χ1v) is 8.68. The Labute approximate surface area is 163 Å². The Kier molecular flexibility index (Phi) is 6.03. The topological polar surface area (TPSA) is 134 Å². The van der Waals surface area contributed by atoms with Gasteiger partial charge in [-0.15, -0.1) is 0 Å². The van der Waals surface area contributed by atoms with Crippen molar-refractivity contribution in [1.82, 2.24) is 9.88 Å². The Hall–Kier alpha value is -3.95. The fraction of sp³-hybridized carbons (Fsp3) is 0.211. The number of hydrogen-bond donors (Lipinski definition) is 1. The molecule has 10 heteroatoms. The quantitative estimate of drug-likeness (QED) is 0.344. The third kappa shape index (κ3) is 5.06. The second kappa shape index (κ2) is 8.83. The Bertz CT molecular complexity index is 1100. The van der Waals surface area contributed by atoms with E-state index in [1.807, 2.05) is 30.3 Å². The summed E-state index contributed by atoms with van der Waals surface area (Å²) in [6, 6.07) is 13.2. The number of nitrogens with zero attached hydrogens (tertiary/aromatic N) is 2. The summed E-state index contributed by atoms with van der Waals surface area (Å²) in [7, 11) is 0. The number of ether oxygens (including phenoxy) is 1. The number of benzene rings is 2. The normalized spacial score (nSPS) is 10.6. The van der Waals surface area contributed by atoms with Crippen molar-refractivity contribution in [1.29, 1.82) is 0 Å². The summed E-state index contributed by atoms with van der Waals surface area (Å²) in [5, 5.41) is 13.4. The number of rotatable bonds is 8. The fourth-order valence-electron chi connectivity index (χ4n) is 2.68. The lowest BCUT2D eigenvalue weighted by Gasteiger charge is -2.07. The number of fused-ring (bicyclic) bond motifs is 1. The molecule has 29 heavy (non-hydrogen) atoms. The van der Waals surface area contributed by atoms with Crippen molar-refractivity contribution in [2.45, 2.75) is 13.0 Å². The molecule has 0 unspecified atom stereocenters. The average molecular weight is 399 g/mol. The van der Waals surface area contributed by atoms with Crippen LogP contribution in [-0.2, 0) is 27.3 Å². The maximum Gasteiger partial charge on any atom is 0.420 e. The van der Waals surface area contributed by atoms with E-state index in [2.05, 4.69) is 5.32 Å². The van der Waals surface area contributed by atoms with Gasteiger partial charge < -0.3 is 14.5 Å². The van der Waals surface area contributed by atoms with Crippen molar-refractivity contribution in [3.8, 4) is 0 Å². The third-order valence-corrected chi connectivity index (χ3v) is 4.09. The van der Waals surface area contributed by atoms with Crippen LogP contribution in [0.4, 0.5) is 5.69 Å². The molecule has 0 bridgehead atoms. The van der Waals surface area contributed by atoms with Gasteiger partial charge in [-0.1, -0.05) is 30.3 Å². The summed E-state index contributed by atoms with van der Waals surface area (Å²) in [6.07, 6.45) is 0.642. The minimum atomic E-state index is -0.857. The van der Waals surface area contributed by atoms with Gasteiger partial charge in [-0.05, 0) is 18.1 Å². The number of esters is 1. The highest BCUT2D eigenvalue weighted by molar-refractivity contribution is 5.81. The van der Waals surface area contributed by atoms with E-state index in [0.717, 1.165) is 16.2 Å². The molecule has 3 rings (SSSR count). The SMILES string of the molecule is O=C(COC(=O)Cn1c(=O)oc2cc([N+](=O)[O-])ccc21)NCCc1ccccc1. The van der Waals surface area contributed by atoms with Crippen LogP contribution in [0.25, 0.3) is 11.1 Å². The zero-order chi connectivity index (χ0) is 20.8. The van der Waals surface area contributed by atoms with Crippen LogP contribution in [0.1, 0.15) is 5.56 Å². The molecular weight excluding hydrogens is 382 g/mol. The molecule has 0 radical (unpaired) electrons. The molecule has 10 nitrogen and oxygen atoms in total. The van der Waals surface area contributed by atoms with E-state index >= 15 is 0 Å². The number of oxazole rings is 1. The van der Waals surface area contributed by atoms with Crippen LogP contribution in [0.15, 0.2) is 57.7 Å². The first kappa shape index (κ1) is 19.8.